The van der Waals surface area contributed by atoms with Gasteiger partial charge in [0.2, 0.25) is 5.91 Å². The Labute approximate surface area is 134 Å². The van der Waals surface area contributed by atoms with Crippen molar-refractivity contribution in [3.63, 3.8) is 0 Å². The van der Waals surface area contributed by atoms with Crippen LogP contribution < -0.4 is 11.1 Å². The highest BCUT2D eigenvalue weighted by Gasteiger charge is 2.29. The number of nitrogen functional groups attached to an aromatic ring is 1. The fraction of sp³-hybridized carbons (Fsp3) is 0.158. The largest absolute Gasteiger partial charge is 0.398 e. The molecule has 1 heterocycles. The molecule has 2 aromatic carbocycles. The zero-order valence-corrected chi connectivity index (χ0v) is 12.6. The lowest BCUT2D eigenvalue weighted by Crippen LogP contribution is -2.14. The van der Waals surface area contributed by atoms with Gasteiger partial charge in [0.05, 0.1) is 0 Å². The number of fused-ring (bicyclic) bond motifs is 1. The van der Waals surface area contributed by atoms with Crippen LogP contribution in [0, 0.1) is 5.92 Å². The fourth-order valence-corrected chi connectivity index (χ4v) is 2.71. The highest BCUT2D eigenvalue weighted by molar-refractivity contribution is 5.96. The maximum Gasteiger partial charge on any atom is 0.228 e. The number of carbonyl (C=O) groups excluding carboxylic acids is 1. The van der Waals surface area contributed by atoms with Crippen LogP contribution in [0.4, 0.5) is 11.5 Å². The summed E-state index contributed by atoms with van der Waals surface area (Å²) in [7, 11) is 0. The molecule has 1 fully saturated rings. The Kier molecular flexibility index (Phi) is 3.23. The van der Waals surface area contributed by atoms with E-state index in [2.05, 4.69) is 16.4 Å². The van der Waals surface area contributed by atoms with Crippen LogP contribution in [0.2, 0.25) is 0 Å². The van der Waals surface area contributed by atoms with Gasteiger partial charge in [-0.2, -0.15) is 0 Å². The highest BCUT2D eigenvalue weighted by atomic mass is 16.2. The van der Waals surface area contributed by atoms with E-state index in [-0.39, 0.29) is 11.8 Å². The van der Waals surface area contributed by atoms with Gasteiger partial charge in [-0.1, -0.05) is 30.3 Å². The van der Waals surface area contributed by atoms with Crippen molar-refractivity contribution in [2.24, 2.45) is 5.92 Å². The lowest BCUT2D eigenvalue weighted by atomic mass is 10.0. The molecule has 3 N–H and O–H groups in total. The molecule has 1 aromatic heterocycles. The molecule has 1 aliphatic carbocycles. The highest BCUT2D eigenvalue weighted by Crippen LogP contribution is 2.31. The number of benzene rings is 2. The molecule has 4 heteroatoms. The third-order valence-electron chi connectivity index (χ3n) is 4.19. The number of aromatic nitrogens is 1. The standard InChI is InChI=1S/C19H17N3O/c20-17-4-2-1-3-16(17)14-8-7-13-10-18(21-11-15(13)9-14)22-19(23)12-5-6-12/h1-4,7-12H,5-6,20H2,(H,21,22,23). The molecule has 114 valence electrons. The summed E-state index contributed by atoms with van der Waals surface area (Å²) in [5.74, 6) is 0.864. The number of nitrogens with two attached hydrogens (primary N) is 1. The van der Waals surface area contributed by atoms with Gasteiger partial charge in [-0.3, -0.25) is 4.79 Å². The summed E-state index contributed by atoms with van der Waals surface area (Å²) in [5.41, 5.74) is 8.88. The SMILES string of the molecule is Nc1ccccc1-c1ccc2cc(NC(=O)C3CC3)ncc2c1. The van der Waals surface area contributed by atoms with Gasteiger partial charge in [0, 0.05) is 28.8 Å². The van der Waals surface area contributed by atoms with Crippen LogP contribution >= 0.6 is 0 Å². The molecule has 1 saturated carbocycles. The number of amides is 1. The average molecular weight is 303 g/mol. The van der Waals surface area contributed by atoms with Crippen LogP contribution in [-0.2, 0) is 4.79 Å². The van der Waals surface area contributed by atoms with E-state index in [0.29, 0.717) is 5.82 Å². The molecule has 4 nitrogen and oxygen atoms in total. The molecule has 0 spiro atoms. The molecule has 0 saturated heterocycles. The number of carbonyl (C=O) groups is 1. The Morgan fingerprint density at radius 2 is 1.91 bits per heavy atom. The van der Waals surface area contributed by atoms with Gasteiger partial charge in [0.25, 0.3) is 0 Å². The molecule has 0 atom stereocenters. The maximum absolute atomic E-state index is 11.8. The van der Waals surface area contributed by atoms with E-state index < -0.39 is 0 Å². The van der Waals surface area contributed by atoms with E-state index in [1.807, 2.05) is 42.5 Å². The number of hydrogen-bond acceptors (Lipinski definition) is 3. The van der Waals surface area contributed by atoms with E-state index >= 15 is 0 Å². The van der Waals surface area contributed by atoms with Crippen LogP contribution in [0.3, 0.4) is 0 Å². The second-order valence-electron chi connectivity index (χ2n) is 5.98. The molecule has 0 radical (unpaired) electrons. The lowest BCUT2D eigenvalue weighted by Gasteiger charge is -2.08. The molecular weight excluding hydrogens is 286 g/mol. The Hall–Kier alpha value is -2.88. The quantitative estimate of drug-likeness (QED) is 0.722. The normalized spacial score (nSPS) is 13.9. The first-order valence-corrected chi connectivity index (χ1v) is 7.76. The van der Waals surface area contributed by atoms with E-state index in [1.54, 1.807) is 6.20 Å². The Bertz CT molecular complexity index is 900. The molecule has 0 aliphatic heterocycles. The molecule has 1 amide bonds. The van der Waals surface area contributed by atoms with Crippen molar-refractivity contribution in [1.82, 2.24) is 4.98 Å². The summed E-state index contributed by atoms with van der Waals surface area (Å²) in [6, 6.07) is 15.9. The summed E-state index contributed by atoms with van der Waals surface area (Å²) in [6.45, 7) is 0. The summed E-state index contributed by atoms with van der Waals surface area (Å²) in [5, 5.41) is 4.95. The first-order valence-electron chi connectivity index (χ1n) is 7.76. The van der Waals surface area contributed by atoms with Crippen molar-refractivity contribution in [3.05, 3.63) is 54.7 Å². The smallest absolute Gasteiger partial charge is 0.228 e. The zero-order chi connectivity index (χ0) is 15.8. The molecule has 3 aromatic rings. The number of nitrogens with one attached hydrogen (secondary N) is 1. The molecule has 4 rings (SSSR count). The predicted octanol–water partition coefficient (Wildman–Crippen LogP) is 3.83. The first-order chi connectivity index (χ1) is 11.2. The Balaban J connectivity index is 1.67. The minimum Gasteiger partial charge on any atom is -0.398 e. The molecule has 23 heavy (non-hydrogen) atoms. The number of rotatable bonds is 3. The Morgan fingerprint density at radius 1 is 1.09 bits per heavy atom. The Morgan fingerprint density at radius 3 is 2.70 bits per heavy atom. The summed E-state index contributed by atoms with van der Waals surface area (Å²) >= 11 is 0. The van der Waals surface area contributed by atoms with Gasteiger partial charge in [-0.25, -0.2) is 4.98 Å². The third-order valence-corrected chi connectivity index (χ3v) is 4.19. The number of pyridine rings is 1. The average Bonchev–Trinajstić information content (AvgIpc) is 3.40. The second-order valence-corrected chi connectivity index (χ2v) is 5.98. The predicted molar refractivity (Wildman–Crippen MR) is 92.9 cm³/mol. The molecule has 0 unspecified atom stereocenters. The van der Waals surface area contributed by atoms with Gasteiger partial charge in [-0.15, -0.1) is 0 Å². The topological polar surface area (TPSA) is 68.0 Å². The summed E-state index contributed by atoms with van der Waals surface area (Å²) in [6.07, 6.45) is 3.77. The van der Waals surface area contributed by atoms with Crippen molar-refractivity contribution in [2.45, 2.75) is 12.8 Å². The molecular formula is C19H17N3O. The van der Waals surface area contributed by atoms with E-state index in [9.17, 15) is 4.79 Å². The van der Waals surface area contributed by atoms with Gasteiger partial charge in [-0.05, 0) is 42.0 Å². The van der Waals surface area contributed by atoms with Gasteiger partial charge < -0.3 is 11.1 Å². The minimum absolute atomic E-state index is 0.0746. The number of para-hydroxylation sites is 1. The van der Waals surface area contributed by atoms with Crippen LogP contribution in [0.15, 0.2) is 54.7 Å². The van der Waals surface area contributed by atoms with Crippen molar-refractivity contribution in [3.8, 4) is 11.1 Å². The van der Waals surface area contributed by atoms with Gasteiger partial charge in [0.1, 0.15) is 5.82 Å². The minimum atomic E-state index is 0.0746. The van der Waals surface area contributed by atoms with Crippen molar-refractivity contribution in [1.29, 1.82) is 0 Å². The van der Waals surface area contributed by atoms with Gasteiger partial charge in [0.15, 0.2) is 0 Å². The van der Waals surface area contributed by atoms with Crippen molar-refractivity contribution >= 4 is 28.2 Å². The first kappa shape index (κ1) is 13.8. The van der Waals surface area contributed by atoms with Crippen molar-refractivity contribution in [2.75, 3.05) is 11.1 Å². The van der Waals surface area contributed by atoms with E-state index in [0.717, 1.165) is 40.4 Å². The summed E-state index contributed by atoms with van der Waals surface area (Å²) < 4.78 is 0. The third kappa shape index (κ3) is 2.75. The number of hydrogen-bond donors (Lipinski definition) is 2. The fourth-order valence-electron chi connectivity index (χ4n) is 2.71. The molecule has 1 aliphatic rings. The van der Waals surface area contributed by atoms with Crippen LogP contribution in [0.5, 0.6) is 0 Å². The molecule has 0 bridgehead atoms. The zero-order valence-electron chi connectivity index (χ0n) is 12.6. The van der Waals surface area contributed by atoms with Crippen LogP contribution in [0.1, 0.15) is 12.8 Å². The lowest BCUT2D eigenvalue weighted by molar-refractivity contribution is -0.117. The monoisotopic (exact) mass is 303 g/mol. The van der Waals surface area contributed by atoms with Crippen LogP contribution in [0.25, 0.3) is 21.9 Å². The number of anilines is 2. The maximum atomic E-state index is 11.8. The van der Waals surface area contributed by atoms with E-state index in [4.69, 9.17) is 5.73 Å². The summed E-state index contributed by atoms with van der Waals surface area (Å²) in [4.78, 5) is 16.2. The van der Waals surface area contributed by atoms with Gasteiger partial charge >= 0.3 is 0 Å². The van der Waals surface area contributed by atoms with Crippen molar-refractivity contribution < 1.29 is 4.79 Å². The van der Waals surface area contributed by atoms with E-state index in [1.165, 1.54) is 0 Å². The number of nitrogens with zero attached hydrogens (tertiary/aromatic N) is 1. The second kappa shape index (κ2) is 5.39. The van der Waals surface area contributed by atoms with Crippen LogP contribution in [-0.4, -0.2) is 10.9 Å².